The van der Waals surface area contributed by atoms with Gasteiger partial charge < -0.3 is 9.47 Å². The third-order valence-electron chi connectivity index (χ3n) is 1.99. The van der Waals surface area contributed by atoms with Gasteiger partial charge in [-0.25, -0.2) is 9.98 Å². The van der Waals surface area contributed by atoms with Crippen molar-refractivity contribution in [2.45, 2.75) is 6.42 Å². The number of rotatable bonds is 3. The van der Waals surface area contributed by atoms with Gasteiger partial charge >= 0.3 is 0 Å². The molecule has 14 heavy (non-hydrogen) atoms. The number of likely N-dealkylation sites (N-methyl/N-ethyl adjacent to an activating group) is 1. The highest BCUT2D eigenvalue weighted by atomic mass is 15.1. The summed E-state index contributed by atoms with van der Waals surface area (Å²) < 4.78 is 1.99. The molecular weight excluding hydrogens is 176 g/mol. The van der Waals surface area contributed by atoms with E-state index in [1.54, 1.807) is 12.4 Å². The summed E-state index contributed by atoms with van der Waals surface area (Å²) in [6.45, 7) is 3.59. The number of aromatic nitrogens is 2. The highest BCUT2D eigenvalue weighted by molar-refractivity contribution is 5.83. The summed E-state index contributed by atoms with van der Waals surface area (Å²) in [4.78, 5) is 10.4. The molecule has 0 fully saturated rings. The van der Waals surface area contributed by atoms with Crippen LogP contribution in [-0.2, 0) is 13.5 Å². The molecule has 1 rings (SSSR count). The van der Waals surface area contributed by atoms with E-state index < -0.39 is 0 Å². The van der Waals surface area contributed by atoms with Gasteiger partial charge in [-0.1, -0.05) is 6.58 Å². The second-order valence-electron chi connectivity index (χ2n) is 3.25. The number of amidine groups is 1. The van der Waals surface area contributed by atoms with Crippen molar-refractivity contribution in [3.8, 4) is 0 Å². The van der Waals surface area contributed by atoms with Gasteiger partial charge in [0.1, 0.15) is 11.7 Å². The first-order valence-electron chi connectivity index (χ1n) is 4.46. The lowest BCUT2D eigenvalue weighted by molar-refractivity contribution is 0.604. The second kappa shape index (κ2) is 4.60. The Morgan fingerprint density at radius 2 is 2.43 bits per heavy atom. The molecule has 76 valence electrons. The van der Waals surface area contributed by atoms with E-state index in [4.69, 9.17) is 0 Å². The summed E-state index contributed by atoms with van der Waals surface area (Å²) in [5, 5.41) is 0. The fraction of sp³-hybridized carbons (Fsp3) is 0.400. The van der Waals surface area contributed by atoms with Crippen LogP contribution in [0.3, 0.4) is 0 Å². The molecular formula is C10H16N4. The third-order valence-corrected chi connectivity index (χ3v) is 1.99. The van der Waals surface area contributed by atoms with Gasteiger partial charge in [0.2, 0.25) is 0 Å². The lowest BCUT2D eigenvalue weighted by atomic mass is 10.3. The summed E-state index contributed by atoms with van der Waals surface area (Å²) >= 11 is 0. The molecule has 0 amide bonds. The Morgan fingerprint density at radius 1 is 1.71 bits per heavy atom. The van der Waals surface area contributed by atoms with E-state index in [1.807, 2.05) is 36.8 Å². The van der Waals surface area contributed by atoms with Gasteiger partial charge in [-0.2, -0.15) is 0 Å². The van der Waals surface area contributed by atoms with Crippen molar-refractivity contribution in [1.82, 2.24) is 14.5 Å². The van der Waals surface area contributed by atoms with Crippen molar-refractivity contribution >= 4 is 5.84 Å². The monoisotopic (exact) mass is 192 g/mol. The first-order chi connectivity index (χ1) is 6.65. The molecule has 0 N–H and O–H groups in total. The minimum Gasteiger partial charge on any atom is -0.366 e. The van der Waals surface area contributed by atoms with Gasteiger partial charge in [-0.3, -0.25) is 0 Å². The van der Waals surface area contributed by atoms with E-state index in [1.165, 1.54) is 0 Å². The van der Waals surface area contributed by atoms with E-state index in [-0.39, 0.29) is 0 Å². The lowest BCUT2D eigenvalue weighted by Gasteiger charge is -2.14. The van der Waals surface area contributed by atoms with E-state index in [2.05, 4.69) is 16.6 Å². The van der Waals surface area contributed by atoms with Crippen molar-refractivity contribution < 1.29 is 0 Å². The van der Waals surface area contributed by atoms with Crippen molar-refractivity contribution in [1.29, 1.82) is 0 Å². The van der Waals surface area contributed by atoms with Gasteiger partial charge in [-0.05, 0) is 0 Å². The summed E-state index contributed by atoms with van der Waals surface area (Å²) in [5.74, 6) is 1.95. The molecule has 0 saturated carbocycles. The summed E-state index contributed by atoms with van der Waals surface area (Å²) in [6, 6.07) is 0. The number of aryl methyl sites for hydroxylation is 1. The smallest absolute Gasteiger partial charge is 0.115 e. The van der Waals surface area contributed by atoms with Gasteiger partial charge in [-0.15, -0.1) is 0 Å². The van der Waals surface area contributed by atoms with Crippen molar-refractivity contribution in [3.05, 3.63) is 31.0 Å². The van der Waals surface area contributed by atoms with Gasteiger partial charge in [0.05, 0.1) is 6.42 Å². The quantitative estimate of drug-likeness (QED) is 0.530. The third kappa shape index (κ3) is 2.45. The van der Waals surface area contributed by atoms with Crippen molar-refractivity contribution in [2.75, 3.05) is 14.1 Å². The van der Waals surface area contributed by atoms with E-state index >= 15 is 0 Å². The Hall–Kier alpha value is -1.58. The fourth-order valence-electron chi connectivity index (χ4n) is 1.13. The SMILES string of the molecule is C=CN=C(Cc1nccn1C)N(C)C. The molecule has 1 aromatic heterocycles. The van der Waals surface area contributed by atoms with Crippen LogP contribution in [0.5, 0.6) is 0 Å². The molecule has 0 saturated heterocycles. The Balaban J connectivity index is 2.80. The zero-order valence-corrected chi connectivity index (χ0v) is 8.94. The first-order valence-corrected chi connectivity index (χ1v) is 4.46. The molecule has 1 aromatic rings. The average molecular weight is 192 g/mol. The summed E-state index contributed by atoms with van der Waals surface area (Å²) in [6.07, 6.45) is 5.99. The summed E-state index contributed by atoms with van der Waals surface area (Å²) in [5.41, 5.74) is 0. The topological polar surface area (TPSA) is 33.4 Å². The largest absolute Gasteiger partial charge is 0.366 e. The Kier molecular flexibility index (Phi) is 3.45. The van der Waals surface area contributed by atoms with Gasteiger partial charge in [0.15, 0.2) is 0 Å². The van der Waals surface area contributed by atoms with E-state index in [9.17, 15) is 0 Å². The zero-order chi connectivity index (χ0) is 10.6. The Labute approximate surface area is 84.6 Å². The maximum Gasteiger partial charge on any atom is 0.115 e. The lowest BCUT2D eigenvalue weighted by Crippen LogP contribution is -2.25. The zero-order valence-electron chi connectivity index (χ0n) is 8.94. The van der Waals surface area contributed by atoms with E-state index in [0.717, 1.165) is 18.1 Å². The number of hydrogen-bond acceptors (Lipinski definition) is 2. The first kappa shape index (κ1) is 10.5. The average Bonchev–Trinajstić information content (AvgIpc) is 2.51. The van der Waals surface area contributed by atoms with Gasteiger partial charge in [0.25, 0.3) is 0 Å². The maximum absolute atomic E-state index is 4.24. The van der Waals surface area contributed by atoms with Crippen LogP contribution in [0.25, 0.3) is 0 Å². The molecule has 0 aliphatic carbocycles. The number of nitrogens with zero attached hydrogens (tertiary/aromatic N) is 4. The number of hydrogen-bond donors (Lipinski definition) is 0. The molecule has 0 aliphatic rings. The molecule has 0 atom stereocenters. The highest BCUT2D eigenvalue weighted by Gasteiger charge is 2.06. The molecule has 0 spiro atoms. The van der Waals surface area contributed by atoms with Gasteiger partial charge in [0, 0.05) is 39.7 Å². The van der Waals surface area contributed by atoms with Crippen LogP contribution in [0.2, 0.25) is 0 Å². The molecule has 0 aromatic carbocycles. The fourth-order valence-corrected chi connectivity index (χ4v) is 1.13. The molecule has 4 nitrogen and oxygen atoms in total. The predicted octanol–water partition coefficient (Wildman–Crippen LogP) is 1.07. The Morgan fingerprint density at radius 3 is 2.86 bits per heavy atom. The standard InChI is InChI=1S/C10H16N4/c1-5-11-9(13(2)3)8-10-12-6-7-14(10)4/h5-7H,1,8H2,2-4H3. The normalized spacial score (nSPS) is 11.5. The van der Waals surface area contributed by atoms with Crippen LogP contribution in [0.15, 0.2) is 30.2 Å². The molecule has 1 heterocycles. The maximum atomic E-state index is 4.24. The molecule has 0 unspecified atom stereocenters. The van der Waals surface area contributed by atoms with Crippen LogP contribution in [-0.4, -0.2) is 34.4 Å². The number of imidazole rings is 1. The minimum atomic E-state index is 0.725. The second-order valence-corrected chi connectivity index (χ2v) is 3.25. The van der Waals surface area contributed by atoms with Crippen molar-refractivity contribution in [3.63, 3.8) is 0 Å². The van der Waals surface area contributed by atoms with Crippen LogP contribution >= 0.6 is 0 Å². The van der Waals surface area contributed by atoms with Crippen molar-refractivity contribution in [2.24, 2.45) is 12.0 Å². The van der Waals surface area contributed by atoms with Crippen LogP contribution < -0.4 is 0 Å². The molecule has 4 heteroatoms. The predicted molar refractivity (Wildman–Crippen MR) is 58.2 cm³/mol. The van der Waals surface area contributed by atoms with Crippen LogP contribution in [0.4, 0.5) is 0 Å². The van der Waals surface area contributed by atoms with E-state index in [0.29, 0.717) is 0 Å². The van der Waals surface area contributed by atoms with Crippen LogP contribution in [0.1, 0.15) is 5.82 Å². The molecule has 0 bridgehead atoms. The highest BCUT2D eigenvalue weighted by Crippen LogP contribution is 1.99. The Bertz CT molecular complexity index is 336. The minimum absolute atomic E-state index is 0.725. The summed E-state index contributed by atoms with van der Waals surface area (Å²) in [7, 11) is 5.90. The molecule has 0 radical (unpaired) electrons. The molecule has 0 aliphatic heterocycles. The number of aliphatic imine (C=N–C) groups is 1. The van der Waals surface area contributed by atoms with Crippen LogP contribution in [0, 0.1) is 0 Å².